The predicted molar refractivity (Wildman–Crippen MR) is 61.2 cm³/mol. The molecule has 0 aromatic heterocycles. The zero-order valence-corrected chi connectivity index (χ0v) is 10.4. The molecule has 0 bridgehead atoms. The van der Waals surface area contributed by atoms with Crippen LogP contribution in [0.2, 0.25) is 0 Å². The Morgan fingerprint density at radius 1 is 1.53 bits per heavy atom. The topological polar surface area (TPSA) is 35.5 Å². The van der Waals surface area contributed by atoms with Crippen LogP contribution in [0.4, 0.5) is 0 Å². The van der Waals surface area contributed by atoms with Gasteiger partial charge in [0.15, 0.2) is 0 Å². The van der Waals surface area contributed by atoms with Gasteiger partial charge in [-0.05, 0) is 12.5 Å². The van der Waals surface area contributed by atoms with Gasteiger partial charge in [-0.15, -0.1) is 11.6 Å². The quantitative estimate of drug-likeness (QED) is 0.436. The second-order valence-corrected chi connectivity index (χ2v) is 6.09. The van der Waals surface area contributed by atoms with Crippen molar-refractivity contribution in [1.82, 2.24) is 0 Å². The lowest BCUT2D eigenvalue weighted by Gasteiger charge is -2.09. The molecule has 0 amide bonds. The predicted octanol–water partition coefficient (Wildman–Crippen LogP) is 2.66. The van der Waals surface area contributed by atoms with Crippen LogP contribution >= 0.6 is 19.2 Å². The van der Waals surface area contributed by atoms with Crippen LogP contribution in [-0.2, 0) is 13.6 Å². The average Bonchev–Trinajstić information content (AvgIpc) is 2.94. The highest BCUT2D eigenvalue weighted by atomic mass is 35.5. The van der Waals surface area contributed by atoms with Crippen molar-refractivity contribution in [3.05, 3.63) is 12.2 Å². The molecule has 84 valence electrons. The summed E-state index contributed by atoms with van der Waals surface area (Å²) in [5, 5.41) is 0.218. The van der Waals surface area contributed by atoms with Gasteiger partial charge < -0.3 is 9.05 Å². The van der Waals surface area contributed by atoms with E-state index < -0.39 is 7.60 Å². The molecule has 0 N–H and O–H groups in total. The molecule has 1 fully saturated rings. The van der Waals surface area contributed by atoms with Gasteiger partial charge in [-0.25, -0.2) is 0 Å². The number of allylic oxidation sites excluding steroid dienone is 2. The van der Waals surface area contributed by atoms with Crippen molar-refractivity contribution < 1.29 is 13.6 Å². The van der Waals surface area contributed by atoms with E-state index in [-0.39, 0.29) is 11.5 Å². The Labute approximate surface area is 95.3 Å². The average molecular weight is 249 g/mol. The maximum Gasteiger partial charge on any atom is 0.333 e. The van der Waals surface area contributed by atoms with Gasteiger partial charge in [0, 0.05) is 25.5 Å². The smallest absolute Gasteiger partial charge is 0.312 e. The first-order valence-electron chi connectivity index (χ1n) is 4.62. The van der Waals surface area contributed by atoms with E-state index >= 15 is 0 Å². The molecule has 0 spiro atoms. The second kappa shape index (κ2) is 5.72. The Balaban J connectivity index is 2.32. The monoisotopic (exact) mass is 248 g/mol. The van der Waals surface area contributed by atoms with Crippen molar-refractivity contribution in [1.29, 1.82) is 0 Å². The summed E-state index contributed by atoms with van der Waals surface area (Å²) in [6, 6.07) is 0. The van der Waals surface area contributed by atoms with E-state index in [1.165, 1.54) is 14.2 Å². The van der Waals surface area contributed by atoms with Crippen LogP contribution in [0.5, 0.6) is 0 Å². The summed E-state index contributed by atoms with van der Waals surface area (Å²) in [6.45, 7) is 0. The molecule has 0 aromatic rings. The van der Waals surface area contributed by atoms with Crippen molar-refractivity contribution in [3.8, 4) is 11.8 Å². The van der Waals surface area contributed by atoms with Crippen molar-refractivity contribution in [2.75, 3.05) is 20.4 Å². The standard InChI is InChI=1S/C10H14ClO3P/c1-13-15(12,14-2)7-5-3-4-6-9-8-10(9)11/h3,5,9-10H,7-8H2,1-2H3/b5-3+/t9-,10-/m1/s1. The number of halogens is 1. The van der Waals surface area contributed by atoms with Crippen LogP contribution < -0.4 is 0 Å². The molecule has 2 atom stereocenters. The summed E-state index contributed by atoms with van der Waals surface area (Å²) in [5.41, 5.74) is 0. The van der Waals surface area contributed by atoms with E-state index in [4.69, 9.17) is 20.6 Å². The van der Waals surface area contributed by atoms with Gasteiger partial charge in [-0.2, -0.15) is 0 Å². The normalized spacial score (nSPS) is 25.0. The molecule has 0 heterocycles. The molecule has 1 saturated carbocycles. The molecule has 0 aromatic carbocycles. The van der Waals surface area contributed by atoms with E-state index in [9.17, 15) is 4.57 Å². The van der Waals surface area contributed by atoms with Crippen LogP contribution in [0.3, 0.4) is 0 Å². The zero-order chi connectivity index (χ0) is 11.3. The molecule has 3 nitrogen and oxygen atoms in total. The van der Waals surface area contributed by atoms with E-state index in [1.807, 2.05) is 0 Å². The highest BCUT2D eigenvalue weighted by molar-refractivity contribution is 7.54. The van der Waals surface area contributed by atoms with Crippen LogP contribution in [-0.4, -0.2) is 25.8 Å². The number of hydrogen-bond acceptors (Lipinski definition) is 3. The van der Waals surface area contributed by atoms with Gasteiger partial charge in [-0.3, -0.25) is 4.57 Å². The highest BCUT2D eigenvalue weighted by Crippen LogP contribution is 2.46. The fraction of sp³-hybridized carbons (Fsp3) is 0.600. The minimum absolute atomic E-state index is 0.218. The van der Waals surface area contributed by atoms with Gasteiger partial charge in [0.25, 0.3) is 0 Å². The Morgan fingerprint density at radius 3 is 2.60 bits per heavy atom. The van der Waals surface area contributed by atoms with Gasteiger partial charge in [0.05, 0.1) is 6.16 Å². The molecular formula is C10H14ClO3P. The van der Waals surface area contributed by atoms with Crippen molar-refractivity contribution in [2.24, 2.45) is 5.92 Å². The van der Waals surface area contributed by atoms with Crippen LogP contribution in [0, 0.1) is 17.8 Å². The Kier molecular flexibility index (Phi) is 4.89. The molecule has 0 unspecified atom stereocenters. The summed E-state index contributed by atoms with van der Waals surface area (Å²) in [7, 11) is -0.188. The van der Waals surface area contributed by atoms with Crippen molar-refractivity contribution in [3.63, 3.8) is 0 Å². The fourth-order valence-corrected chi connectivity index (χ4v) is 2.00. The molecule has 1 aliphatic rings. The summed E-state index contributed by atoms with van der Waals surface area (Å²) in [4.78, 5) is 0. The lowest BCUT2D eigenvalue weighted by atomic mass is 10.4. The first-order chi connectivity index (χ1) is 7.11. The third-order valence-corrected chi connectivity index (χ3v) is 4.32. The molecule has 15 heavy (non-hydrogen) atoms. The molecule has 0 aliphatic heterocycles. The third-order valence-electron chi connectivity index (χ3n) is 2.07. The summed E-state index contributed by atoms with van der Waals surface area (Å²) < 4.78 is 21.1. The molecule has 0 saturated heterocycles. The first kappa shape index (κ1) is 12.8. The minimum Gasteiger partial charge on any atom is -0.312 e. The summed E-state index contributed by atoms with van der Waals surface area (Å²) in [5.74, 6) is 6.17. The van der Waals surface area contributed by atoms with Gasteiger partial charge in [0.1, 0.15) is 0 Å². The van der Waals surface area contributed by atoms with Gasteiger partial charge in [0.2, 0.25) is 0 Å². The van der Waals surface area contributed by atoms with Crippen LogP contribution in [0.15, 0.2) is 12.2 Å². The minimum atomic E-state index is -2.92. The molecular weight excluding hydrogens is 235 g/mol. The lowest BCUT2D eigenvalue weighted by molar-refractivity contribution is 0.279. The second-order valence-electron chi connectivity index (χ2n) is 3.21. The van der Waals surface area contributed by atoms with Gasteiger partial charge in [-0.1, -0.05) is 17.9 Å². The third kappa shape index (κ3) is 4.40. The van der Waals surface area contributed by atoms with Crippen LogP contribution in [0.25, 0.3) is 0 Å². The lowest BCUT2D eigenvalue weighted by Crippen LogP contribution is -1.91. The Bertz CT molecular complexity index is 334. The van der Waals surface area contributed by atoms with E-state index in [0.717, 1.165) is 6.42 Å². The largest absolute Gasteiger partial charge is 0.333 e. The highest BCUT2D eigenvalue weighted by Gasteiger charge is 2.33. The van der Waals surface area contributed by atoms with E-state index in [1.54, 1.807) is 12.2 Å². The molecule has 1 rings (SSSR count). The van der Waals surface area contributed by atoms with Crippen LogP contribution in [0.1, 0.15) is 6.42 Å². The summed E-state index contributed by atoms with van der Waals surface area (Å²) in [6.07, 6.45) is 4.56. The summed E-state index contributed by atoms with van der Waals surface area (Å²) >= 11 is 5.77. The Hall–Kier alpha value is -0.260. The molecule has 5 heteroatoms. The van der Waals surface area contributed by atoms with E-state index in [2.05, 4.69) is 11.8 Å². The first-order valence-corrected chi connectivity index (χ1v) is 6.78. The van der Waals surface area contributed by atoms with E-state index in [0.29, 0.717) is 5.92 Å². The van der Waals surface area contributed by atoms with Crippen molar-refractivity contribution >= 4 is 19.2 Å². The van der Waals surface area contributed by atoms with Crippen molar-refractivity contribution in [2.45, 2.75) is 11.8 Å². The number of rotatable bonds is 4. The van der Waals surface area contributed by atoms with Gasteiger partial charge >= 0.3 is 7.60 Å². The maximum atomic E-state index is 11.5. The SMILES string of the molecule is COP(=O)(C/C=C/C#C[C@@H]1C[C@H]1Cl)OC. The number of hydrogen-bond donors (Lipinski definition) is 0. The fourth-order valence-electron chi connectivity index (χ4n) is 0.933. The number of alkyl halides is 1. The zero-order valence-electron chi connectivity index (χ0n) is 8.77. The Morgan fingerprint density at radius 2 is 2.13 bits per heavy atom. The molecule has 0 radical (unpaired) electrons. The molecule has 1 aliphatic carbocycles. The maximum absolute atomic E-state index is 11.5.